The molecule has 0 saturated carbocycles. The molecule has 2 aromatic carbocycles. The number of nitriles is 2. The first-order valence-corrected chi connectivity index (χ1v) is 6.52. The lowest BCUT2D eigenvalue weighted by Crippen LogP contribution is -2.24. The highest BCUT2D eigenvalue weighted by molar-refractivity contribution is 5.85. The molecule has 0 spiro atoms. The van der Waals surface area contributed by atoms with Gasteiger partial charge in [0.1, 0.15) is 0 Å². The van der Waals surface area contributed by atoms with Crippen LogP contribution in [-0.4, -0.2) is 6.67 Å². The summed E-state index contributed by atoms with van der Waals surface area (Å²) in [6, 6.07) is 19.2. The first-order valence-electron chi connectivity index (χ1n) is 6.52. The van der Waals surface area contributed by atoms with Crippen LogP contribution in [0.4, 0.5) is 11.4 Å². The molecule has 0 atom stereocenters. The molecule has 0 radical (unpaired) electrons. The maximum Gasteiger partial charge on any atom is 0.0991 e. The fourth-order valence-corrected chi connectivity index (χ4v) is 2.21. The van der Waals surface area contributed by atoms with Crippen LogP contribution < -0.4 is 9.80 Å². The van der Waals surface area contributed by atoms with Crippen LogP contribution in [0.1, 0.15) is 11.1 Å². The van der Waals surface area contributed by atoms with E-state index in [9.17, 15) is 0 Å². The maximum absolute atomic E-state index is 8.82. The van der Waals surface area contributed by atoms with Crippen molar-refractivity contribution in [1.29, 1.82) is 10.5 Å². The van der Waals surface area contributed by atoms with E-state index in [-0.39, 0.29) is 12.4 Å². The third-order valence-corrected chi connectivity index (χ3v) is 3.39. The highest BCUT2D eigenvalue weighted by Gasteiger charge is 2.15. The molecule has 1 aliphatic heterocycles. The van der Waals surface area contributed by atoms with E-state index < -0.39 is 0 Å². The van der Waals surface area contributed by atoms with E-state index in [0.29, 0.717) is 17.8 Å². The smallest absolute Gasteiger partial charge is 0.0991 e. The Morgan fingerprint density at radius 3 is 1.36 bits per heavy atom. The number of benzene rings is 2. The van der Waals surface area contributed by atoms with Gasteiger partial charge in [-0.25, -0.2) is 0 Å². The molecule has 108 valence electrons. The number of hydrogen-bond donors (Lipinski definition) is 0. The van der Waals surface area contributed by atoms with Gasteiger partial charge in [-0.1, -0.05) is 0 Å². The Kier molecular flexibility index (Phi) is 4.68. The Balaban J connectivity index is 0.00000176. The van der Waals surface area contributed by atoms with Crippen molar-refractivity contribution < 1.29 is 0 Å². The minimum absolute atomic E-state index is 0. The Bertz CT molecular complexity index is 686. The van der Waals surface area contributed by atoms with Gasteiger partial charge in [-0.3, -0.25) is 0 Å². The zero-order valence-electron chi connectivity index (χ0n) is 11.7. The number of nitrogens with zero attached hydrogens (tertiary/aromatic N) is 4. The molecular formula is C17H13ClN4. The van der Waals surface area contributed by atoms with Gasteiger partial charge in [-0.15, -0.1) is 12.4 Å². The van der Waals surface area contributed by atoms with Gasteiger partial charge in [-0.2, -0.15) is 10.5 Å². The quantitative estimate of drug-likeness (QED) is 0.850. The lowest BCUT2D eigenvalue weighted by atomic mass is 10.2. The van der Waals surface area contributed by atoms with E-state index in [1.54, 1.807) is 0 Å². The van der Waals surface area contributed by atoms with E-state index in [2.05, 4.69) is 21.9 Å². The normalized spacial score (nSPS) is 12.5. The Labute approximate surface area is 135 Å². The lowest BCUT2D eigenvalue weighted by Gasteiger charge is -2.21. The summed E-state index contributed by atoms with van der Waals surface area (Å²) in [5.74, 6) is 0. The SMILES string of the molecule is Cl.N#Cc1ccc(N2C=CN(c3ccc(C#N)cc3)C2)cc1. The molecule has 22 heavy (non-hydrogen) atoms. The van der Waals surface area contributed by atoms with Crippen molar-refractivity contribution in [3.05, 3.63) is 72.1 Å². The summed E-state index contributed by atoms with van der Waals surface area (Å²) in [5, 5.41) is 17.6. The van der Waals surface area contributed by atoms with Crippen molar-refractivity contribution >= 4 is 23.8 Å². The molecule has 0 fully saturated rings. The maximum atomic E-state index is 8.82. The van der Waals surface area contributed by atoms with Crippen molar-refractivity contribution in [2.45, 2.75) is 0 Å². The van der Waals surface area contributed by atoms with Crippen molar-refractivity contribution in [3.63, 3.8) is 0 Å². The van der Waals surface area contributed by atoms with E-state index >= 15 is 0 Å². The first kappa shape index (κ1) is 15.4. The summed E-state index contributed by atoms with van der Waals surface area (Å²) in [4.78, 5) is 4.19. The first-order chi connectivity index (χ1) is 10.3. The summed E-state index contributed by atoms with van der Waals surface area (Å²) in [6.45, 7) is 0.706. The third-order valence-electron chi connectivity index (χ3n) is 3.39. The third kappa shape index (κ3) is 3.03. The largest absolute Gasteiger partial charge is 0.328 e. The van der Waals surface area contributed by atoms with Crippen LogP contribution in [0.15, 0.2) is 60.9 Å². The van der Waals surface area contributed by atoms with Gasteiger partial charge >= 0.3 is 0 Å². The van der Waals surface area contributed by atoms with Gasteiger partial charge in [0, 0.05) is 23.8 Å². The molecule has 0 unspecified atom stereocenters. The van der Waals surface area contributed by atoms with Crippen LogP contribution in [0, 0.1) is 22.7 Å². The highest BCUT2D eigenvalue weighted by atomic mass is 35.5. The minimum Gasteiger partial charge on any atom is -0.328 e. The van der Waals surface area contributed by atoms with Gasteiger partial charge in [0.15, 0.2) is 0 Å². The van der Waals surface area contributed by atoms with E-state index in [0.717, 1.165) is 11.4 Å². The van der Waals surface area contributed by atoms with Crippen LogP contribution in [0.3, 0.4) is 0 Å². The molecular weight excluding hydrogens is 296 g/mol. The van der Waals surface area contributed by atoms with E-state index in [1.165, 1.54) is 0 Å². The van der Waals surface area contributed by atoms with Crippen LogP contribution in [0.5, 0.6) is 0 Å². The van der Waals surface area contributed by atoms with Crippen LogP contribution in [-0.2, 0) is 0 Å². The van der Waals surface area contributed by atoms with Crippen LogP contribution in [0.2, 0.25) is 0 Å². The monoisotopic (exact) mass is 308 g/mol. The number of rotatable bonds is 2. The number of anilines is 2. The standard InChI is InChI=1S/C17H12N4.ClH/c18-11-14-1-5-16(6-2-14)20-9-10-21(13-20)17-7-3-15(12-19)4-8-17;/h1-10H,13H2;1H. The summed E-state index contributed by atoms with van der Waals surface area (Å²) < 4.78 is 0. The molecule has 0 aliphatic carbocycles. The second-order valence-electron chi connectivity index (χ2n) is 4.70. The number of halogens is 1. The highest BCUT2D eigenvalue weighted by Crippen LogP contribution is 2.24. The predicted octanol–water partition coefficient (Wildman–Crippen LogP) is 3.61. The molecule has 0 N–H and O–H groups in total. The fourth-order valence-electron chi connectivity index (χ4n) is 2.21. The average Bonchev–Trinajstić information content (AvgIpc) is 3.05. The molecule has 0 bridgehead atoms. The molecule has 0 amide bonds. The molecule has 4 nitrogen and oxygen atoms in total. The molecule has 3 rings (SSSR count). The Morgan fingerprint density at radius 2 is 1.05 bits per heavy atom. The molecule has 1 aliphatic rings. The summed E-state index contributed by atoms with van der Waals surface area (Å²) in [5.41, 5.74) is 3.40. The molecule has 0 aromatic heterocycles. The molecule has 5 heteroatoms. The molecule has 2 aromatic rings. The van der Waals surface area contributed by atoms with E-state index in [4.69, 9.17) is 10.5 Å². The van der Waals surface area contributed by atoms with Crippen LogP contribution in [0.25, 0.3) is 0 Å². The zero-order valence-corrected chi connectivity index (χ0v) is 12.5. The Morgan fingerprint density at radius 1 is 0.682 bits per heavy atom. The lowest BCUT2D eigenvalue weighted by molar-refractivity contribution is 0.975. The second-order valence-corrected chi connectivity index (χ2v) is 4.70. The van der Waals surface area contributed by atoms with Gasteiger partial charge in [0.25, 0.3) is 0 Å². The fraction of sp³-hybridized carbons (Fsp3) is 0.0588. The van der Waals surface area contributed by atoms with E-state index in [1.807, 2.05) is 60.9 Å². The van der Waals surface area contributed by atoms with Crippen LogP contribution >= 0.6 is 12.4 Å². The predicted molar refractivity (Wildman–Crippen MR) is 88.5 cm³/mol. The van der Waals surface area contributed by atoms with Crippen molar-refractivity contribution in [2.24, 2.45) is 0 Å². The minimum atomic E-state index is 0. The average molecular weight is 309 g/mol. The summed E-state index contributed by atoms with van der Waals surface area (Å²) in [6.07, 6.45) is 4.00. The van der Waals surface area contributed by atoms with Crippen molar-refractivity contribution in [1.82, 2.24) is 0 Å². The van der Waals surface area contributed by atoms with Gasteiger partial charge in [0.05, 0.1) is 29.9 Å². The van der Waals surface area contributed by atoms with Crippen molar-refractivity contribution in [3.8, 4) is 12.1 Å². The Hall–Kier alpha value is -2.95. The summed E-state index contributed by atoms with van der Waals surface area (Å²) >= 11 is 0. The molecule has 0 saturated heterocycles. The topological polar surface area (TPSA) is 54.1 Å². The molecule has 1 heterocycles. The van der Waals surface area contributed by atoms with Gasteiger partial charge in [0.2, 0.25) is 0 Å². The van der Waals surface area contributed by atoms with Gasteiger partial charge < -0.3 is 9.80 Å². The summed E-state index contributed by atoms with van der Waals surface area (Å²) in [7, 11) is 0. The van der Waals surface area contributed by atoms with Crippen molar-refractivity contribution in [2.75, 3.05) is 16.5 Å². The van der Waals surface area contributed by atoms with Gasteiger partial charge in [-0.05, 0) is 48.5 Å². The zero-order chi connectivity index (χ0) is 14.7. The second kappa shape index (κ2) is 6.67. The number of hydrogen-bond acceptors (Lipinski definition) is 4.